The number of nitrogens with zero attached hydrogens (tertiary/aromatic N) is 1. The van der Waals surface area contributed by atoms with Gasteiger partial charge in [-0.25, -0.2) is 0 Å². The van der Waals surface area contributed by atoms with E-state index in [1.54, 1.807) is 0 Å². The summed E-state index contributed by atoms with van der Waals surface area (Å²) in [7, 11) is 0. The van der Waals surface area contributed by atoms with Gasteiger partial charge in [0.05, 0.1) is 6.04 Å². The largest absolute Gasteiger partial charge is 0.335 e. The van der Waals surface area contributed by atoms with E-state index in [2.05, 4.69) is 18.4 Å². The van der Waals surface area contributed by atoms with Gasteiger partial charge in [0.25, 0.3) is 0 Å². The van der Waals surface area contributed by atoms with E-state index in [-0.39, 0.29) is 17.9 Å². The lowest BCUT2D eigenvalue weighted by Crippen LogP contribution is -2.41. The summed E-state index contributed by atoms with van der Waals surface area (Å²) < 4.78 is 0. The molecular formula is C14H22N2OS. The third-order valence-electron chi connectivity index (χ3n) is 3.82. The van der Waals surface area contributed by atoms with E-state index in [0.29, 0.717) is 6.54 Å². The zero-order valence-electron chi connectivity index (χ0n) is 11.2. The van der Waals surface area contributed by atoms with Gasteiger partial charge in [0, 0.05) is 17.3 Å². The number of nitrogens with two attached hydrogens (primary N) is 1. The van der Waals surface area contributed by atoms with Crippen LogP contribution < -0.4 is 5.73 Å². The van der Waals surface area contributed by atoms with Crippen molar-refractivity contribution in [3.05, 3.63) is 21.9 Å². The Kier molecular flexibility index (Phi) is 4.40. The average Bonchev–Trinajstić information content (AvgIpc) is 2.84. The molecule has 0 bridgehead atoms. The van der Waals surface area contributed by atoms with Gasteiger partial charge >= 0.3 is 0 Å². The molecule has 4 heteroatoms. The highest BCUT2D eigenvalue weighted by molar-refractivity contribution is 7.10. The fourth-order valence-corrected chi connectivity index (χ4v) is 3.60. The molecule has 2 atom stereocenters. The SMILES string of the molecule is CC(CCCN)C(=O)N1CCc2sccc2C1C. The molecule has 1 amide bonds. The van der Waals surface area contributed by atoms with Crippen molar-refractivity contribution in [2.24, 2.45) is 11.7 Å². The maximum Gasteiger partial charge on any atom is 0.225 e. The molecule has 2 N–H and O–H groups in total. The number of carbonyl (C=O) groups is 1. The van der Waals surface area contributed by atoms with E-state index in [0.717, 1.165) is 25.8 Å². The summed E-state index contributed by atoms with van der Waals surface area (Å²) in [6, 6.07) is 2.39. The highest BCUT2D eigenvalue weighted by Crippen LogP contribution is 2.33. The second kappa shape index (κ2) is 5.85. The molecule has 0 spiro atoms. The van der Waals surface area contributed by atoms with Crippen LogP contribution in [-0.4, -0.2) is 23.9 Å². The second-order valence-corrected chi connectivity index (χ2v) is 6.09. The smallest absolute Gasteiger partial charge is 0.225 e. The molecule has 18 heavy (non-hydrogen) atoms. The van der Waals surface area contributed by atoms with Crippen LogP contribution in [0, 0.1) is 5.92 Å². The van der Waals surface area contributed by atoms with Gasteiger partial charge in [0.15, 0.2) is 0 Å². The highest BCUT2D eigenvalue weighted by Gasteiger charge is 2.30. The predicted molar refractivity (Wildman–Crippen MR) is 75.6 cm³/mol. The molecule has 1 aliphatic rings. The molecule has 100 valence electrons. The summed E-state index contributed by atoms with van der Waals surface area (Å²) in [4.78, 5) is 15.9. The normalized spacial score (nSPS) is 20.6. The van der Waals surface area contributed by atoms with E-state index in [1.807, 2.05) is 23.2 Å². The van der Waals surface area contributed by atoms with Gasteiger partial charge in [0.1, 0.15) is 0 Å². The van der Waals surface area contributed by atoms with Crippen molar-refractivity contribution in [2.45, 2.75) is 39.2 Å². The van der Waals surface area contributed by atoms with Crippen molar-refractivity contribution in [1.29, 1.82) is 0 Å². The Bertz CT molecular complexity index is 416. The minimum absolute atomic E-state index is 0.0937. The van der Waals surface area contributed by atoms with Gasteiger partial charge in [-0.3, -0.25) is 4.79 Å². The first kappa shape index (κ1) is 13.6. The van der Waals surface area contributed by atoms with Gasteiger partial charge in [-0.1, -0.05) is 6.92 Å². The molecule has 2 heterocycles. The van der Waals surface area contributed by atoms with Gasteiger partial charge < -0.3 is 10.6 Å². The molecule has 0 radical (unpaired) electrons. The molecule has 0 saturated carbocycles. The Morgan fingerprint density at radius 2 is 2.44 bits per heavy atom. The zero-order valence-corrected chi connectivity index (χ0v) is 12.0. The average molecular weight is 266 g/mol. The van der Waals surface area contributed by atoms with Crippen LogP contribution >= 0.6 is 11.3 Å². The Morgan fingerprint density at radius 3 is 3.17 bits per heavy atom. The van der Waals surface area contributed by atoms with Crippen LogP contribution in [0.15, 0.2) is 11.4 Å². The number of hydrogen-bond acceptors (Lipinski definition) is 3. The van der Waals surface area contributed by atoms with Crippen LogP contribution in [0.4, 0.5) is 0 Å². The van der Waals surface area contributed by atoms with Crippen LogP contribution in [0.3, 0.4) is 0 Å². The van der Waals surface area contributed by atoms with E-state index in [4.69, 9.17) is 5.73 Å². The molecule has 2 rings (SSSR count). The van der Waals surface area contributed by atoms with Crippen LogP contribution in [0.5, 0.6) is 0 Å². The van der Waals surface area contributed by atoms with Crippen LogP contribution in [0.25, 0.3) is 0 Å². The third kappa shape index (κ3) is 2.59. The molecule has 0 saturated heterocycles. The summed E-state index contributed by atoms with van der Waals surface area (Å²) in [6.07, 6.45) is 2.83. The summed E-state index contributed by atoms with van der Waals surface area (Å²) >= 11 is 1.81. The van der Waals surface area contributed by atoms with E-state index in [9.17, 15) is 4.79 Å². The Balaban J connectivity index is 2.04. The molecule has 1 aromatic heterocycles. The molecule has 1 aromatic rings. The van der Waals surface area contributed by atoms with Crippen LogP contribution in [-0.2, 0) is 11.2 Å². The zero-order chi connectivity index (χ0) is 13.1. The van der Waals surface area contributed by atoms with Gasteiger partial charge in [-0.15, -0.1) is 11.3 Å². The first-order valence-electron chi connectivity index (χ1n) is 6.72. The molecule has 1 aliphatic heterocycles. The lowest BCUT2D eigenvalue weighted by atomic mass is 9.97. The topological polar surface area (TPSA) is 46.3 Å². The number of hydrogen-bond donors (Lipinski definition) is 1. The van der Waals surface area contributed by atoms with Crippen molar-refractivity contribution in [1.82, 2.24) is 4.90 Å². The van der Waals surface area contributed by atoms with E-state index in [1.165, 1.54) is 10.4 Å². The van der Waals surface area contributed by atoms with Gasteiger partial charge in [-0.2, -0.15) is 0 Å². The van der Waals surface area contributed by atoms with Crippen LogP contribution in [0.2, 0.25) is 0 Å². The summed E-state index contributed by atoms with van der Waals surface area (Å²) in [6.45, 7) is 5.69. The maximum atomic E-state index is 12.4. The summed E-state index contributed by atoms with van der Waals surface area (Å²) in [5.41, 5.74) is 6.85. The van der Waals surface area contributed by atoms with E-state index >= 15 is 0 Å². The van der Waals surface area contributed by atoms with Gasteiger partial charge in [-0.05, 0) is 49.7 Å². The monoisotopic (exact) mass is 266 g/mol. The van der Waals surface area contributed by atoms with Gasteiger partial charge in [0.2, 0.25) is 5.91 Å². The summed E-state index contributed by atoms with van der Waals surface area (Å²) in [5, 5.41) is 2.13. The van der Waals surface area contributed by atoms with Crippen LogP contribution in [0.1, 0.15) is 43.2 Å². The molecule has 3 nitrogen and oxygen atoms in total. The maximum absolute atomic E-state index is 12.4. The number of fused-ring (bicyclic) bond motifs is 1. The molecule has 0 fully saturated rings. The van der Waals surface area contributed by atoms with Crippen molar-refractivity contribution in [3.63, 3.8) is 0 Å². The molecule has 0 aromatic carbocycles. The second-order valence-electron chi connectivity index (χ2n) is 5.09. The fourth-order valence-electron chi connectivity index (χ4n) is 2.64. The van der Waals surface area contributed by atoms with Crippen molar-refractivity contribution in [2.75, 3.05) is 13.1 Å². The molecule has 2 unspecified atom stereocenters. The number of thiophene rings is 1. The minimum Gasteiger partial charge on any atom is -0.335 e. The standard InChI is InChI=1S/C14H22N2OS/c1-10(4-3-7-15)14(17)16-8-5-13-12(11(16)2)6-9-18-13/h6,9-11H,3-5,7-8,15H2,1-2H3. The Hall–Kier alpha value is -0.870. The van der Waals surface area contributed by atoms with Crippen molar-refractivity contribution < 1.29 is 4.79 Å². The highest BCUT2D eigenvalue weighted by atomic mass is 32.1. The van der Waals surface area contributed by atoms with E-state index < -0.39 is 0 Å². The minimum atomic E-state index is 0.0937. The lowest BCUT2D eigenvalue weighted by molar-refractivity contribution is -0.137. The molecule has 0 aliphatic carbocycles. The predicted octanol–water partition coefficient (Wildman–Crippen LogP) is 2.57. The fraction of sp³-hybridized carbons (Fsp3) is 0.643. The Labute approximate surface area is 113 Å². The number of carbonyl (C=O) groups excluding carboxylic acids is 1. The quantitative estimate of drug-likeness (QED) is 0.910. The van der Waals surface area contributed by atoms with Crippen molar-refractivity contribution in [3.8, 4) is 0 Å². The number of amides is 1. The van der Waals surface area contributed by atoms with Crippen molar-refractivity contribution >= 4 is 17.2 Å². The first-order valence-corrected chi connectivity index (χ1v) is 7.60. The molecular weight excluding hydrogens is 244 g/mol. The summed E-state index contributed by atoms with van der Waals surface area (Å²) in [5.74, 6) is 0.379. The third-order valence-corrected chi connectivity index (χ3v) is 4.82. The Morgan fingerprint density at radius 1 is 1.67 bits per heavy atom. The lowest BCUT2D eigenvalue weighted by Gasteiger charge is -2.35. The number of rotatable bonds is 4. The first-order chi connectivity index (χ1) is 8.65.